The van der Waals surface area contributed by atoms with Gasteiger partial charge in [0.2, 0.25) is 0 Å². The SMILES string of the molecule is CCCNC(CC1CC2CCC1C2)c1cccc(Br)c1C. The van der Waals surface area contributed by atoms with Gasteiger partial charge in [-0.1, -0.05) is 41.4 Å². The summed E-state index contributed by atoms with van der Waals surface area (Å²) < 4.78 is 1.25. The minimum Gasteiger partial charge on any atom is -0.310 e. The highest BCUT2D eigenvalue weighted by Crippen LogP contribution is 2.51. The lowest BCUT2D eigenvalue weighted by Crippen LogP contribution is -2.27. The first-order chi connectivity index (χ1) is 10.2. The van der Waals surface area contributed by atoms with Crippen molar-refractivity contribution in [2.24, 2.45) is 17.8 Å². The number of hydrogen-bond acceptors (Lipinski definition) is 1. The molecule has 0 spiro atoms. The molecule has 1 aromatic carbocycles. The monoisotopic (exact) mass is 349 g/mol. The number of halogens is 1. The van der Waals surface area contributed by atoms with Crippen LogP contribution in [0.3, 0.4) is 0 Å². The molecular weight excluding hydrogens is 322 g/mol. The zero-order valence-corrected chi connectivity index (χ0v) is 15.0. The molecule has 1 N–H and O–H groups in total. The molecule has 1 nitrogen and oxygen atoms in total. The van der Waals surface area contributed by atoms with Gasteiger partial charge in [0.05, 0.1) is 0 Å². The number of benzene rings is 1. The maximum atomic E-state index is 3.82. The molecule has 116 valence electrons. The maximum Gasteiger partial charge on any atom is 0.0326 e. The van der Waals surface area contributed by atoms with Gasteiger partial charge in [0.1, 0.15) is 0 Å². The molecule has 2 aliphatic carbocycles. The van der Waals surface area contributed by atoms with E-state index < -0.39 is 0 Å². The fraction of sp³-hybridized carbons (Fsp3) is 0.684. The number of hydrogen-bond donors (Lipinski definition) is 1. The summed E-state index contributed by atoms with van der Waals surface area (Å²) in [5, 5.41) is 3.82. The Kier molecular flexibility index (Phi) is 5.06. The third kappa shape index (κ3) is 3.37. The van der Waals surface area contributed by atoms with Gasteiger partial charge in [-0.15, -0.1) is 0 Å². The van der Waals surface area contributed by atoms with Crippen LogP contribution in [0.25, 0.3) is 0 Å². The van der Waals surface area contributed by atoms with Crippen LogP contribution in [0, 0.1) is 24.7 Å². The predicted octanol–water partition coefficient (Wildman–Crippen LogP) is 5.62. The highest BCUT2D eigenvalue weighted by Gasteiger charge is 2.40. The lowest BCUT2D eigenvalue weighted by atomic mass is 9.82. The van der Waals surface area contributed by atoms with Gasteiger partial charge in [-0.2, -0.15) is 0 Å². The lowest BCUT2D eigenvalue weighted by Gasteiger charge is -2.29. The molecule has 2 saturated carbocycles. The average Bonchev–Trinajstić information content (AvgIpc) is 3.09. The minimum absolute atomic E-state index is 0.534. The zero-order chi connectivity index (χ0) is 14.8. The summed E-state index contributed by atoms with van der Waals surface area (Å²) in [7, 11) is 0. The van der Waals surface area contributed by atoms with Crippen molar-refractivity contribution >= 4 is 15.9 Å². The van der Waals surface area contributed by atoms with Crippen LogP contribution >= 0.6 is 15.9 Å². The number of nitrogens with one attached hydrogen (secondary N) is 1. The molecule has 0 radical (unpaired) electrons. The van der Waals surface area contributed by atoms with E-state index in [1.54, 1.807) is 0 Å². The largest absolute Gasteiger partial charge is 0.310 e. The molecule has 0 aromatic heterocycles. The van der Waals surface area contributed by atoms with Crippen molar-refractivity contribution in [1.82, 2.24) is 5.32 Å². The first-order valence-electron chi connectivity index (χ1n) is 8.67. The third-order valence-electron chi connectivity index (χ3n) is 5.75. The highest BCUT2D eigenvalue weighted by atomic mass is 79.9. The van der Waals surface area contributed by atoms with Crippen LogP contribution in [-0.4, -0.2) is 6.54 Å². The van der Waals surface area contributed by atoms with Gasteiger partial charge in [0.25, 0.3) is 0 Å². The Balaban J connectivity index is 1.75. The Labute approximate surface area is 138 Å². The molecule has 3 rings (SSSR count). The summed E-state index contributed by atoms with van der Waals surface area (Å²) in [6.07, 6.45) is 8.54. The average molecular weight is 350 g/mol. The van der Waals surface area contributed by atoms with E-state index in [1.807, 2.05) is 0 Å². The summed E-state index contributed by atoms with van der Waals surface area (Å²) in [4.78, 5) is 0. The molecule has 0 amide bonds. The molecule has 0 aliphatic heterocycles. The van der Waals surface area contributed by atoms with Gasteiger partial charge in [0.15, 0.2) is 0 Å². The van der Waals surface area contributed by atoms with E-state index in [0.717, 1.165) is 24.3 Å². The second-order valence-corrected chi connectivity index (χ2v) is 7.99. The minimum atomic E-state index is 0.534. The summed E-state index contributed by atoms with van der Waals surface area (Å²) in [6.45, 7) is 5.63. The number of fused-ring (bicyclic) bond motifs is 2. The van der Waals surface area contributed by atoms with Gasteiger partial charge in [-0.3, -0.25) is 0 Å². The van der Waals surface area contributed by atoms with Crippen molar-refractivity contribution in [2.45, 2.75) is 58.4 Å². The third-order valence-corrected chi connectivity index (χ3v) is 6.61. The van der Waals surface area contributed by atoms with Crippen molar-refractivity contribution in [3.63, 3.8) is 0 Å². The fourth-order valence-corrected chi connectivity index (χ4v) is 4.99. The Morgan fingerprint density at radius 2 is 2.14 bits per heavy atom. The van der Waals surface area contributed by atoms with Crippen LogP contribution in [0.4, 0.5) is 0 Å². The molecule has 0 saturated heterocycles. The topological polar surface area (TPSA) is 12.0 Å². The second kappa shape index (κ2) is 6.83. The standard InChI is InChI=1S/C19H28BrN/c1-3-9-21-19(17-5-4-6-18(20)13(17)2)12-16-11-14-7-8-15(16)10-14/h4-6,14-16,19,21H,3,7-12H2,1-2H3. The Morgan fingerprint density at radius 1 is 1.29 bits per heavy atom. The fourth-order valence-electron chi connectivity index (χ4n) is 4.61. The summed E-state index contributed by atoms with van der Waals surface area (Å²) >= 11 is 3.70. The summed E-state index contributed by atoms with van der Waals surface area (Å²) in [6, 6.07) is 7.20. The quantitative estimate of drug-likeness (QED) is 0.702. The van der Waals surface area contributed by atoms with Crippen LogP contribution in [0.2, 0.25) is 0 Å². The summed E-state index contributed by atoms with van der Waals surface area (Å²) in [5.74, 6) is 3.03. The van der Waals surface area contributed by atoms with Crippen molar-refractivity contribution in [3.8, 4) is 0 Å². The van der Waals surface area contributed by atoms with Crippen molar-refractivity contribution in [1.29, 1.82) is 0 Å². The molecule has 0 heterocycles. The van der Waals surface area contributed by atoms with E-state index in [-0.39, 0.29) is 0 Å². The van der Waals surface area contributed by atoms with Crippen molar-refractivity contribution in [3.05, 3.63) is 33.8 Å². The predicted molar refractivity (Wildman–Crippen MR) is 93.5 cm³/mol. The van der Waals surface area contributed by atoms with Crippen LogP contribution < -0.4 is 5.32 Å². The van der Waals surface area contributed by atoms with Crippen LogP contribution in [0.15, 0.2) is 22.7 Å². The highest BCUT2D eigenvalue weighted by molar-refractivity contribution is 9.10. The van der Waals surface area contributed by atoms with Gasteiger partial charge in [0, 0.05) is 10.5 Å². The first kappa shape index (κ1) is 15.6. The van der Waals surface area contributed by atoms with Gasteiger partial charge < -0.3 is 5.32 Å². The van der Waals surface area contributed by atoms with Crippen molar-refractivity contribution < 1.29 is 0 Å². The maximum absolute atomic E-state index is 3.82. The van der Waals surface area contributed by atoms with E-state index in [9.17, 15) is 0 Å². The number of rotatable bonds is 6. The van der Waals surface area contributed by atoms with E-state index in [1.165, 1.54) is 54.1 Å². The molecule has 2 aliphatic rings. The van der Waals surface area contributed by atoms with E-state index in [0.29, 0.717) is 6.04 Å². The van der Waals surface area contributed by atoms with Gasteiger partial charge in [-0.05, 0) is 80.5 Å². The Hall–Kier alpha value is -0.340. The molecule has 2 heteroatoms. The van der Waals surface area contributed by atoms with Gasteiger partial charge in [-0.25, -0.2) is 0 Å². The Bertz CT molecular complexity index is 484. The summed E-state index contributed by atoms with van der Waals surface area (Å²) in [5.41, 5.74) is 2.91. The van der Waals surface area contributed by atoms with E-state index in [2.05, 4.69) is 53.3 Å². The van der Waals surface area contributed by atoms with E-state index >= 15 is 0 Å². The molecule has 21 heavy (non-hydrogen) atoms. The van der Waals surface area contributed by atoms with Crippen LogP contribution in [0.1, 0.15) is 62.6 Å². The van der Waals surface area contributed by atoms with Gasteiger partial charge >= 0.3 is 0 Å². The van der Waals surface area contributed by atoms with E-state index in [4.69, 9.17) is 0 Å². The molecule has 1 aromatic rings. The first-order valence-corrected chi connectivity index (χ1v) is 9.46. The second-order valence-electron chi connectivity index (χ2n) is 7.13. The van der Waals surface area contributed by atoms with Crippen LogP contribution in [0.5, 0.6) is 0 Å². The molecule has 2 fully saturated rings. The molecule has 4 unspecified atom stereocenters. The molecular formula is C19H28BrN. The lowest BCUT2D eigenvalue weighted by molar-refractivity contribution is 0.279. The zero-order valence-electron chi connectivity index (χ0n) is 13.4. The normalized spacial score (nSPS) is 29.0. The molecule has 4 atom stereocenters. The van der Waals surface area contributed by atoms with Crippen molar-refractivity contribution in [2.75, 3.05) is 6.54 Å². The smallest absolute Gasteiger partial charge is 0.0326 e. The Morgan fingerprint density at radius 3 is 2.81 bits per heavy atom. The van der Waals surface area contributed by atoms with Crippen LogP contribution in [-0.2, 0) is 0 Å². The molecule has 2 bridgehead atoms.